The predicted molar refractivity (Wildman–Crippen MR) is 114 cm³/mol. The molecule has 1 atom stereocenters. The lowest BCUT2D eigenvalue weighted by Crippen LogP contribution is -2.42. The fourth-order valence-corrected chi connectivity index (χ4v) is 4.91. The summed E-state index contributed by atoms with van der Waals surface area (Å²) in [6, 6.07) is 13.0. The molecule has 1 spiro atoms. The zero-order chi connectivity index (χ0) is 22.8. The molecule has 8 heteroatoms. The summed E-state index contributed by atoms with van der Waals surface area (Å²) in [5.74, 6) is 0.879. The average Bonchev–Trinajstić information content (AvgIpc) is 3.29. The van der Waals surface area contributed by atoms with Crippen LogP contribution in [0.15, 0.2) is 60.8 Å². The Labute approximate surface area is 187 Å². The fraction of sp³-hybridized carbons (Fsp3) is 0.200. The van der Waals surface area contributed by atoms with E-state index in [4.69, 9.17) is 9.47 Å². The van der Waals surface area contributed by atoms with Crippen LogP contribution in [0.3, 0.4) is 0 Å². The minimum Gasteiger partial charge on any atom is -0.491 e. The molecule has 0 aliphatic carbocycles. The van der Waals surface area contributed by atoms with Gasteiger partial charge in [-0.25, -0.2) is 0 Å². The summed E-state index contributed by atoms with van der Waals surface area (Å²) in [4.78, 5) is 19.3. The SMILES string of the molecule is O=C1N(Cc2ncccc2C(F)(F)F)c2ccccc2C12COc1cc3c(cc12)OCC=C3. The number of halogens is 3. The van der Waals surface area contributed by atoms with Crippen molar-refractivity contribution in [3.63, 3.8) is 0 Å². The van der Waals surface area contributed by atoms with E-state index >= 15 is 0 Å². The molecule has 0 radical (unpaired) electrons. The third-order valence-electron chi connectivity index (χ3n) is 6.42. The molecule has 33 heavy (non-hydrogen) atoms. The molecular formula is C25H17F3N2O3. The minimum absolute atomic E-state index is 0.0651. The number of benzene rings is 2. The van der Waals surface area contributed by atoms with Gasteiger partial charge in [-0.05, 0) is 42.0 Å². The lowest BCUT2D eigenvalue weighted by atomic mass is 9.76. The third kappa shape index (κ3) is 2.79. The molecule has 166 valence electrons. The quantitative estimate of drug-likeness (QED) is 0.567. The highest BCUT2D eigenvalue weighted by molar-refractivity contribution is 6.11. The van der Waals surface area contributed by atoms with Crippen LogP contribution in [0.25, 0.3) is 6.08 Å². The third-order valence-corrected chi connectivity index (χ3v) is 6.42. The van der Waals surface area contributed by atoms with Crippen molar-refractivity contribution >= 4 is 17.7 Å². The zero-order valence-corrected chi connectivity index (χ0v) is 17.2. The van der Waals surface area contributed by atoms with Crippen LogP contribution in [-0.4, -0.2) is 24.1 Å². The second kappa shape index (κ2) is 6.84. The van der Waals surface area contributed by atoms with E-state index in [2.05, 4.69) is 4.98 Å². The lowest BCUT2D eigenvalue weighted by Gasteiger charge is -2.24. The largest absolute Gasteiger partial charge is 0.491 e. The number of hydrogen-bond donors (Lipinski definition) is 0. The Bertz CT molecular complexity index is 1330. The van der Waals surface area contributed by atoms with Crippen molar-refractivity contribution < 1.29 is 27.4 Å². The summed E-state index contributed by atoms with van der Waals surface area (Å²) >= 11 is 0. The highest BCUT2D eigenvalue weighted by Crippen LogP contribution is 2.54. The summed E-state index contributed by atoms with van der Waals surface area (Å²) in [5, 5.41) is 0. The standard InChI is InChI=1S/C25H17F3N2O3/c26-25(27,28)16-7-3-9-29-19(16)13-30-20-8-2-1-6-17(20)24(23(30)31)14-33-22-11-15-5-4-10-32-21(15)12-18(22)24/h1-9,11-12H,10,13-14H2. The molecule has 0 saturated carbocycles. The number of fused-ring (bicyclic) bond motifs is 5. The number of rotatable bonds is 2. The first kappa shape index (κ1) is 19.8. The number of ether oxygens (including phenoxy) is 2. The van der Waals surface area contributed by atoms with Gasteiger partial charge in [0.25, 0.3) is 0 Å². The summed E-state index contributed by atoms with van der Waals surface area (Å²) in [6.45, 7) is 0.193. The monoisotopic (exact) mass is 450 g/mol. The van der Waals surface area contributed by atoms with Gasteiger partial charge in [-0.2, -0.15) is 13.2 Å². The van der Waals surface area contributed by atoms with Crippen LogP contribution in [0.1, 0.15) is 27.9 Å². The number of para-hydroxylation sites is 1. The number of alkyl halides is 3. The van der Waals surface area contributed by atoms with Crippen molar-refractivity contribution in [3.05, 3.63) is 88.8 Å². The van der Waals surface area contributed by atoms with E-state index in [1.54, 1.807) is 12.1 Å². The Hall–Kier alpha value is -3.81. The van der Waals surface area contributed by atoms with Crippen LogP contribution in [0.5, 0.6) is 11.5 Å². The Morgan fingerprint density at radius 1 is 1.03 bits per heavy atom. The molecule has 0 bridgehead atoms. The van der Waals surface area contributed by atoms with Crippen LogP contribution in [-0.2, 0) is 22.9 Å². The van der Waals surface area contributed by atoms with Gasteiger partial charge >= 0.3 is 6.18 Å². The second-order valence-electron chi connectivity index (χ2n) is 8.20. The zero-order valence-electron chi connectivity index (χ0n) is 17.2. The Morgan fingerprint density at radius 2 is 1.88 bits per heavy atom. The van der Waals surface area contributed by atoms with Gasteiger partial charge in [0.05, 0.1) is 17.8 Å². The predicted octanol–water partition coefficient (Wildman–Crippen LogP) is 4.73. The van der Waals surface area contributed by atoms with Gasteiger partial charge in [0.1, 0.15) is 30.1 Å². The molecule has 0 fully saturated rings. The molecule has 6 rings (SSSR count). The van der Waals surface area contributed by atoms with Gasteiger partial charge in [-0.15, -0.1) is 0 Å². The first-order valence-corrected chi connectivity index (χ1v) is 10.4. The molecule has 0 saturated heterocycles. The number of aromatic nitrogens is 1. The van der Waals surface area contributed by atoms with Gasteiger partial charge in [-0.1, -0.05) is 24.3 Å². The first-order chi connectivity index (χ1) is 15.9. The number of carbonyl (C=O) groups is 1. The van der Waals surface area contributed by atoms with Crippen molar-refractivity contribution in [2.24, 2.45) is 0 Å². The number of pyridine rings is 1. The topological polar surface area (TPSA) is 51.7 Å². The van der Waals surface area contributed by atoms with Gasteiger partial charge < -0.3 is 14.4 Å². The molecule has 2 aromatic carbocycles. The molecule has 5 nitrogen and oxygen atoms in total. The second-order valence-corrected chi connectivity index (χ2v) is 8.20. The highest BCUT2D eigenvalue weighted by atomic mass is 19.4. The van der Waals surface area contributed by atoms with Crippen LogP contribution in [0.2, 0.25) is 0 Å². The highest BCUT2D eigenvalue weighted by Gasteiger charge is 2.57. The number of amides is 1. The van der Waals surface area contributed by atoms with Crippen molar-refractivity contribution in [1.82, 2.24) is 4.98 Å². The van der Waals surface area contributed by atoms with E-state index in [1.165, 1.54) is 17.2 Å². The van der Waals surface area contributed by atoms with E-state index < -0.39 is 17.2 Å². The van der Waals surface area contributed by atoms with Crippen LogP contribution >= 0.6 is 0 Å². The van der Waals surface area contributed by atoms with Crippen LogP contribution in [0, 0.1) is 0 Å². The summed E-state index contributed by atoms with van der Waals surface area (Å²) in [6.07, 6.45) is 0.556. The molecular weight excluding hydrogens is 433 g/mol. The van der Waals surface area contributed by atoms with Crippen LogP contribution in [0.4, 0.5) is 18.9 Å². The normalized spacial score (nSPS) is 20.3. The molecule has 1 amide bonds. The molecule has 3 aliphatic rings. The van der Waals surface area contributed by atoms with Crippen LogP contribution < -0.4 is 14.4 Å². The lowest BCUT2D eigenvalue weighted by molar-refractivity contribution is -0.138. The summed E-state index contributed by atoms with van der Waals surface area (Å²) < 4.78 is 52.5. The molecule has 1 aromatic heterocycles. The Balaban J connectivity index is 1.49. The van der Waals surface area contributed by atoms with Gasteiger partial charge in [0.2, 0.25) is 5.91 Å². The van der Waals surface area contributed by atoms with Crippen molar-refractivity contribution in [2.75, 3.05) is 18.1 Å². The van der Waals surface area contributed by atoms with Gasteiger partial charge in [-0.3, -0.25) is 9.78 Å². The maximum absolute atomic E-state index is 14.0. The van der Waals surface area contributed by atoms with Crippen molar-refractivity contribution in [1.29, 1.82) is 0 Å². The number of nitrogens with zero attached hydrogens (tertiary/aromatic N) is 2. The van der Waals surface area contributed by atoms with Crippen molar-refractivity contribution in [3.8, 4) is 11.5 Å². The maximum atomic E-state index is 14.0. The van der Waals surface area contributed by atoms with E-state index in [0.29, 0.717) is 34.9 Å². The summed E-state index contributed by atoms with van der Waals surface area (Å²) in [7, 11) is 0. The van der Waals surface area contributed by atoms with Gasteiger partial charge in [0, 0.05) is 23.0 Å². The number of carbonyl (C=O) groups excluding carboxylic acids is 1. The van der Waals surface area contributed by atoms with E-state index in [1.807, 2.05) is 36.4 Å². The Kier molecular flexibility index (Phi) is 4.11. The maximum Gasteiger partial charge on any atom is 0.418 e. The van der Waals surface area contributed by atoms with Crippen molar-refractivity contribution in [2.45, 2.75) is 18.1 Å². The van der Waals surface area contributed by atoms with E-state index in [9.17, 15) is 18.0 Å². The fourth-order valence-electron chi connectivity index (χ4n) is 4.91. The van der Waals surface area contributed by atoms with E-state index in [0.717, 1.165) is 11.6 Å². The molecule has 1 unspecified atom stereocenters. The summed E-state index contributed by atoms with van der Waals surface area (Å²) in [5.41, 5.74) is 0.556. The first-order valence-electron chi connectivity index (χ1n) is 10.4. The number of anilines is 1. The smallest absolute Gasteiger partial charge is 0.418 e. The Morgan fingerprint density at radius 3 is 2.73 bits per heavy atom. The van der Waals surface area contributed by atoms with E-state index in [-0.39, 0.29) is 24.8 Å². The average molecular weight is 450 g/mol. The molecule has 3 aliphatic heterocycles. The molecule has 3 aromatic rings. The molecule has 0 N–H and O–H groups in total. The minimum atomic E-state index is -4.57. The molecule has 4 heterocycles. The van der Waals surface area contributed by atoms with Gasteiger partial charge in [0.15, 0.2) is 0 Å². The number of hydrogen-bond acceptors (Lipinski definition) is 4.